The van der Waals surface area contributed by atoms with Crippen LogP contribution in [0, 0.1) is 0 Å². The second kappa shape index (κ2) is 8.02. The molecule has 7 heteroatoms. The first-order valence-corrected chi connectivity index (χ1v) is 10.2. The molecule has 6 nitrogen and oxygen atoms in total. The Labute approximate surface area is 160 Å². The third-order valence-corrected chi connectivity index (χ3v) is 6.54. The lowest BCUT2D eigenvalue weighted by atomic mass is 10.2. The molecule has 1 amide bonds. The molecule has 2 aromatic heterocycles. The number of aromatic nitrogens is 2. The van der Waals surface area contributed by atoms with Crippen LogP contribution in [0.25, 0.3) is 5.65 Å². The summed E-state index contributed by atoms with van der Waals surface area (Å²) in [5.74, 6) is -0.138. The predicted octanol–water partition coefficient (Wildman–Crippen LogP) is 2.55. The van der Waals surface area contributed by atoms with E-state index in [9.17, 15) is 9.00 Å². The van der Waals surface area contributed by atoms with Crippen LogP contribution in [0.3, 0.4) is 0 Å². The van der Waals surface area contributed by atoms with Gasteiger partial charge < -0.3 is 14.5 Å². The van der Waals surface area contributed by atoms with Gasteiger partial charge in [0.15, 0.2) is 0 Å². The Morgan fingerprint density at radius 3 is 2.74 bits per heavy atom. The number of hydrogen-bond donors (Lipinski definition) is 1. The van der Waals surface area contributed by atoms with Gasteiger partial charge in [-0.25, -0.2) is 4.98 Å². The number of ether oxygens (including phenoxy) is 1. The maximum Gasteiger partial charge on any atom is 0.253 e. The molecule has 1 atom stereocenters. The van der Waals surface area contributed by atoms with Crippen molar-refractivity contribution >= 4 is 22.4 Å². The lowest BCUT2D eigenvalue weighted by Crippen LogP contribution is -2.25. The largest absolute Gasteiger partial charge is 0.381 e. The summed E-state index contributed by atoms with van der Waals surface area (Å²) in [6.07, 6.45) is 6.95. The summed E-state index contributed by atoms with van der Waals surface area (Å²) in [4.78, 5) is 17.4. The molecule has 1 aliphatic heterocycles. The van der Waals surface area contributed by atoms with Gasteiger partial charge in [0.2, 0.25) is 0 Å². The summed E-state index contributed by atoms with van der Waals surface area (Å²) < 4.78 is 19.8. The number of nitrogens with one attached hydrogen (secondary N) is 1. The Hall–Kier alpha value is -2.51. The molecule has 1 saturated heterocycles. The van der Waals surface area contributed by atoms with Crippen molar-refractivity contribution in [1.29, 1.82) is 0 Å². The van der Waals surface area contributed by atoms with Gasteiger partial charge in [0.1, 0.15) is 5.65 Å². The van der Waals surface area contributed by atoms with Crippen molar-refractivity contribution < 1.29 is 13.7 Å². The molecule has 4 rings (SSSR count). The summed E-state index contributed by atoms with van der Waals surface area (Å²) in [5.41, 5.74) is 2.36. The van der Waals surface area contributed by atoms with Crippen LogP contribution in [-0.4, -0.2) is 38.0 Å². The van der Waals surface area contributed by atoms with Crippen LogP contribution >= 0.6 is 0 Å². The van der Waals surface area contributed by atoms with Gasteiger partial charge in [-0.2, -0.15) is 0 Å². The quantitative estimate of drug-likeness (QED) is 0.735. The SMILES string of the molecule is O=C(NCc1ccc(S(=O)C2CCOCC2)cc1)c1ccc2nccn2c1. The number of benzene rings is 1. The summed E-state index contributed by atoms with van der Waals surface area (Å²) in [5, 5.41) is 3.09. The summed E-state index contributed by atoms with van der Waals surface area (Å²) in [6.45, 7) is 1.79. The minimum Gasteiger partial charge on any atom is -0.381 e. The predicted molar refractivity (Wildman–Crippen MR) is 103 cm³/mol. The van der Waals surface area contributed by atoms with Crippen LogP contribution in [-0.2, 0) is 22.1 Å². The van der Waals surface area contributed by atoms with Gasteiger partial charge >= 0.3 is 0 Å². The van der Waals surface area contributed by atoms with E-state index in [4.69, 9.17) is 4.74 Å². The van der Waals surface area contributed by atoms with Crippen molar-refractivity contribution in [2.45, 2.75) is 29.5 Å². The number of amides is 1. The first-order valence-electron chi connectivity index (χ1n) is 8.99. The number of pyridine rings is 1. The molecular formula is C20H21N3O3S. The Morgan fingerprint density at radius 1 is 1.19 bits per heavy atom. The van der Waals surface area contributed by atoms with E-state index in [2.05, 4.69) is 10.3 Å². The highest BCUT2D eigenvalue weighted by Crippen LogP contribution is 2.20. The minimum atomic E-state index is -1.01. The first-order chi connectivity index (χ1) is 13.2. The fraction of sp³-hybridized carbons (Fsp3) is 0.300. The molecule has 1 fully saturated rings. The Morgan fingerprint density at radius 2 is 1.96 bits per heavy atom. The molecule has 0 saturated carbocycles. The van der Waals surface area contributed by atoms with E-state index in [0.29, 0.717) is 25.3 Å². The van der Waals surface area contributed by atoms with E-state index < -0.39 is 10.8 Å². The minimum absolute atomic E-state index is 0.138. The normalized spacial score (nSPS) is 16.3. The Kier molecular flexibility index (Phi) is 5.31. The second-order valence-corrected chi connectivity index (χ2v) is 8.28. The molecule has 1 unspecified atom stereocenters. The number of nitrogens with zero attached hydrogens (tertiary/aromatic N) is 2. The van der Waals surface area contributed by atoms with Gasteiger partial charge in [0, 0.05) is 48.5 Å². The van der Waals surface area contributed by atoms with Crippen molar-refractivity contribution in [1.82, 2.24) is 14.7 Å². The first kappa shape index (κ1) is 17.9. The molecule has 3 heterocycles. The number of carbonyl (C=O) groups is 1. The molecule has 0 radical (unpaired) electrons. The molecular weight excluding hydrogens is 362 g/mol. The Balaban J connectivity index is 1.36. The average molecular weight is 383 g/mol. The molecule has 0 spiro atoms. The van der Waals surface area contributed by atoms with Crippen LogP contribution in [0.1, 0.15) is 28.8 Å². The summed E-state index contributed by atoms with van der Waals surface area (Å²) in [6, 6.07) is 11.2. The van der Waals surface area contributed by atoms with Crippen LogP contribution in [0.15, 0.2) is 59.9 Å². The van der Waals surface area contributed by atoms with Crippen LogP contribution in [0.5, 0.6) is 0 Å². The number of fused-ring (bicyclic) bond motifs is 1. The van der Waals surface area contributed by atoms with Gasteiger partial charge in [-0.15, -0.1) is 0 Å². The molecule has 1 aromatic carbocycles. The van der Waals surface area contributed by atoms with E-state index in [1.165, 1.54) is 0 Å². The zero-order valence-corrected chi connectivity index (χ0v) is 15.7. The molecule has 3 aromatic rings. The topological polar surface area (TPSA) is 72.7 Å². The average Bonchev–Trinajstić information content (AvgIpc) is 3.20. The van der Waals surface area contributed by atoms with Gasteiger partial charge in [0.05, 0.1) is 16.4 Å². The van der Waals surface area contributed by atoms with Crippen molar-refractivity contribution in [3.05, 3.63) is 66.1 Å². The van der Waals surface area contributed by atoms with Gasteiger partial charge in [-0.1, -0.05) is 12.1 Å². The maximum atomic E-state index is 12.6. The van der Waals surface area contributed by atoms with E-state index >= 15 is 0 Å². The highest BCUT2D eigenvalue weighted by Gasteiger charge is 2.21. The lowest BCUT2D eigenvalue weighted by Gasteiger charge is -2.21. The fourth-order valence-corrected chi connectivity index (χ4v) is 4.57. The fourth-order valence-electron chi connectivity index (χ4n) is 3.16. The van der Waals surface area contributed by atoms with Gasteiger partial charge in [0.25, 0.3) is 5.91 Å². The molecule has 27 heavy (non-hydrogen) atoms. The highest BCUT2D eigenvalue weighted by molar-refractivity contribution is 7.85. The number of hydrogen-bond acceptors (Lipinski definition) is 4. The Bertz CT molecular complexity index is 962. The summed E-state index contributed by atoms with van der Waals surface area (Å²) in [7, 11) is -1.01. The molecule has 140 valence electrons. The molecule has 1 aliphatic rings. The maximum absolute atomic E-state index is 12.6. The molecule has 0 aliphatic carbocycles. The zero-order valence-electron chi connectivity index (χ0n) is 14.8. The van der Waals surface area contributed by atoms with Crippen molar-refractivity contribution in [2.75, 3.05) is 13.2 Å². The smallest absolute Gasteiger partial charge is 0.253 e. The van der Waals surface area contributed by atoms with Crippen LogP contribution in [0.2, 0.25) is 0 Å². The van der Waals surface area contributed by atoms with Crippen molar-refractivity contribution in [3.8, 4) is 0 Å². The number of imidazole rings is 1. The van der Waals surface area contributed by atoms with E-state index in [1.807, 2.05) is 40.9 Å². The lowest BCUT2D eigenvalue weighted by molar-refractivity contribution is 0.0950. The van der Waals surface area contributed by atoms with E-state index in [1.54, 1.807) is 18.5 Å². The standard InChI is InChI=1S/C20H21N3O3S/c24-20(16-3-6-19-21-9-10-23(19)14-16)22-13-15-1-4-17(5-2-15)27(25)18-7-11-26-12-8-18/h1-6,9-10,14,18H,7-8,11-13H2,(H,22,24). The number of rotatable bonds is 5. The van der Waals surface area contributed by atoms with Crippen LogP contribution < -0.4 is 5.32 Å². The molecule has 0 bridgehead atoms. The molecule has 1 N–H and O–H groups in total. The van der Waals surface area contributed by atoms with Crippen molar-refractivity contribution in [3.63, 3.8) is 0 Å². The summed E-state index contributed by atoms with van der Waals surface area (Å²) >= 11 is 0. The third-order valence-electron chi connectivity index (χ3n) is 4.73. The van der Waals surface area contributed by atoms with Gasteiger partial charge in [-0.05, 0) is 42.7 Å². The van der Waals surface area contributed by atoms with E-state index in [-0.39, 0.29) is 11.2 Å². The van der Waals surface area contributed by atoms with Crippen LogP contribution in [0.4, 0.5) is 0 Å². The third kappa shape index (κ3) is 4.09. The highest BCUT2D eigenvalue weighted by atomic mass is 32.2. The van der Waals surface area contributed by atoms with E-state index in [0.717, 1.165) is 28.9 Å². The second-order valence-electron chi connectivity index (χ2n) is 6.55. The van der Waals surface area contributed by atoms with Crippen molar-refractivity contribution in [2.24, 2.45) is 0 Å². The monoisotopic (exact) mass is 383 g/mol. The zero-order chi connectivity index (χ0) is 18.6. The van der Waals surface area contributed by atoms with Gasteiger partial charge in [-0.3, -0.25) is 9.00 Å². The number of carbonyl (C=O) groups excluding carboxylic acids is 1.